The van der Waals surface area contributed by atoms with Gasteiger partial charge in [-0.3, -0.25) is 9.69 Å². The van der Waals surface area contributed by atoms with E-state index < -0.39 is 11.4 Å². The SMILES string of the molecule is CN1C(=O)C(c2ccc3c(c2)CCO3)(c2ccc(F)c(-c3cccc(C#N)c3)c2)N=C1N. The van der Waals surface area contributed by atoms with Crippen molar-refractivity contribution in [2.24, 2.45) is 10.7 Å². The van der Waals surface area contributed by atoms with E-state index in [4.69, 9.17) is 10.5 Å². The summed E-state index contributed by atoms with van der Waals surface area (Å²) < 4.78 is 20.5. The standard InChI is InChI=1S/C25H19FN4O2/c1-30-23(31)25(29-24(30)28,18-6-8-22-17(12-18)9-10-32-22)19-5-7-21(26)20(13-19)16-4-2-3-15(11-16)14-27/h2-8,11-13H,9-10H2,1H3,(H2,28,29). The third kappa shape index (κ3) is 2.84. The zero-order valence-corrected chi connectivity index (χ0v) is 17.3. The molecule has 2 aliphatic rings. The highest BCUT2D eigenvalue weighted by Gasteiger charge is 2.50. The second-order valence-electron chi connectivity index (χ2n) is 7.85. The van der Waals surface area contributed by atoms with E-state index in [0.717, 1.165) is 17.7 Å². The zero-order chi connectivity index (χ0) is 22.5. The van der Waals surface area contributed by atoms with Crippen LogP contribution in [0.25, 0.3) is 11.1 Å². The van der Waals surface area contributed by atoms with Crippen LogP contribution < -0.4 is 10.5 Å². The highest BCUT2D eigenvalue weighted by Crippen LogP contribution is 2.43. The number of amides is 1. The molecule has 0 saturated heterocycles. The minimum absolute atomic E-state index is 0.0871. The number of benzene rings is 3. The van der Waals surface area contributed by atoms with Crippen molar-refractivity contribution in [3.05, 3.63) is 88.7 Å². The number of hydrogen-bond donors (Lipinski definition) is 1. The summed E-state index contributed by atoms with van der Waals surface area (Å²) in [6.07, 6.45) is 0.734. The molecule has 3 aromatic carbocycles. The molecule has 2 heterocycles. The molecule has 0 spiro atoms. The third-order valence-corrected chi connectivity index (χ3v) is 6.03. The first kappa shape index (κ1) is 19.8. The second kappa shape index (κ2) is 7.20. The maximum Gasteiger partial charge on any atom is 0.266 e. The molecule has 3 aromatic rings. The number of guanidine groups is 1. The normalized spacial score (nSPS) is 19.3. The Hall–Kier alpha value is -4.18. The Morgan fingerprint density at radius 2 is 1.94 bits per heavy atom. The van der Waals surface area contributed by atoms with E-state index >= 15 is 0 Å². The van der Waals surface area contributed by atoms with Gasteiger partial charge in [0.05, 0.1) is 18.2 Å². The zero-order valence-electron chi connectivity index (χ0n) is 17.3. The van der Waals surface area contributed by atoms with Gasteiger partial charge in [0.15, 0.2) is 11.5 Å². The van der Waals surface area contributed by atoms with Crippen molar-refractivity contribution in [1.82, 2.24) is 4.90 Å². The lowest BCUT2D eigenvalue weighted by Gasteiger charge is -2.27. The molecule has 2 aliphatic heterocycles. The lowest BCUT2D eigenvalue weighted by molar-refractivity contribution is -0.129. The number of carbonyl (C=O) groups excluding carboxylic acids is 1. The minimum Gasteiger partial charge on any atom is -0.493 e. The Bertz CT molecular complexity index is 1340. The van der Waals surface area contributed by atoms with Gasteiger partial charge in [-0.2, -0.15) is 5.26 Å². The third-order valence-electron chi connectivity index (χ3n) is 6.03. The first-order valence-electron chi connectivity index (χ1n) is 10.1. The smallest absolute Gasteiger partial charge is 0.266 e. The molecule has 7 heteroatoms. The first-order valence-corrected chi connectivity index (χ1v) is 10.1. The number of nitrogens with zero attached hydrogens (tertiary/aromatic N) is 3. The summed E-state index contributed by atoms with van der Waals surface area (Å²) in [4.78, 5) is 19.4. The Kier molecular flexibility index (Phi) is 4.45. The number of rotatable bonds is 3. The predicted molar refractivity (Wildman–Crippen MR) is 117 cm³/mol. The molecule has 158 valence electrons. The maximum absolute atomic E-state index is 14.9. The number of hydrogen-bond acceptors (Lipinski definition) is 5. The molecule has 0 saturated carbocycles. The lowest BCUT2D eigenvalue weighted by atomic mass is 9.81. The molecule has 0 radical (unpaired) electrons. The van der Waals surface area contributed by atoms with Crippen LogP contribution in [0.3, 0.4) is 0 Å². The molecular weight excluding hydrogens is 407 g/mol. The summed E-state index contributed by atoms with van der Waals surface area (Å²) in [5.41, 5.74) is 7.98. The van der Waals surface area contributed by atoms with Crippen LogP contribution in [0.1, 0.15) is 22.3 Å². The summed E-state index contributed by atoms with van der Waals surface area (Å²) in [5, 5.41) is 9.23. The monoisotopic (exact) mass is 426 g/mol. The minimum atomic E-state index is -1.44. The van der Waals surface area contributed by atoms with Crippen molar-refractivity contribution in [2.45, 2.75) is 12.0 Å². The van der Waals surface area contributed by atoms with Gasteiger partial charge >= 0.3 is 0 Å². The highest BCUT2D eigenvalue weighted by atomic mass is 19.1. The van der Waals surface area contributed by atoms with Crippen LogP contribution in [-0.2, 0) is 16.8 Å². The number of aliphatic imine (C=N–C) groups is 1. The maximum atomic E-state index is 14.9. The molecule has 5 rings (SSSR count). The van der Waals surface area contributed by atoms with Gasteiger partial charge in [-0.1, -0.05) is 24.3 Å². The molecular formula is C25H19FN4O2. The number of nitriles is 1. The van der Waals surface area contributed by atoms with E-state index in [9.17, 15) is 14.4 Å². The number of nitrogens with two attached hydrogens (primary N) is 1. The number of likely N-dealkylation sites (N-methyl/N-ethyl adjacent to an activating group) is 1. The number of ether oxygens (including phenoxy) is 1. The van der Waals surface area contributed by atoms with Gasteiger partial charge in [0.25, 0.3) is 5.91 Å². The van der Waals surface area contributed by atoms with Gasteiger partial charge < -0.3 is 10.5 Å². The van der Waals surface area contributed by atoms with Gasteiger partial charge in [0.1, 0.15) is 11.6 Å². The van der Waals surface area contributed by atoms with E-state index in [-0.39, 0.29) is 17.4 Å². The molecule has 1 atom stereocenters. The Morgan fingerprint density at radius 1 is 1.16 bits per heavy atom. The van der Waals surface area contributed by atoms with E-state index in [1.807, 2.05) is 12.1 Å². The number of fused-ring (bicyclic) bond motifs is 1. The molecule has 1 unspecified atom stereocenters. The average Bonchev–Trinajstić information content (AvgIpc) is 3.38. The van der Waals surface area contributed by atoms with Crippen LogP contribution >= 0.6 is 0 Å². The highest BCUT2D eigenvalue weighted by molar-refractivity contribution is 6.09. The van der Waals surface area contributed by atoms with Gasteiger partial charge in [-0.15, -0.1) is 0 Å². The summed E-state index contributed by atoms with van der Waals surface area (Å²) in [7, 11) is 1.57. The second-order valence-corrected chi connectivity index (χ2v) is 7.85. The lowest BCUT2D eigenvalue weighted by Crippen LogP contribution is -2.41. The summed E-state index contributed by atoms with van der Waals surface area (Å²) in [6, 6.07) is 18.8. The van der Waals surface area contributed by atoms with Gasteiger partial charge in [0, 0.05) is 19.0 Å². The van der Waals surface area contributed by atoms with Crippen LogP contribution in [-0.4, -0.2) is 30.4 Å². The molecule has 0 aromatic heterocycles. The van der Waals surface area contributed by atoms with Crippen molar-refractivity contribution < 1.29 is 13.9 Å². The van der Waals surface area contributed by atoms with Crippen LogP contribution in [0.2, 0.25) is 0 Å². The predicted octanol–water partition coefficient (Wildman–Crippen LogP) is 3.33. The Morgan fingerprint density at radius 3 is 2.69 bits per heavy atom. The van der Waals surface area contributed by atoms with Crippen LogP contribution in [0, 0.1) is 17.1 Å². The Labute approximate surface area is 184 Å². The molecule has 0 aliphatic carbocycles. The topological polar surface area (TPSA) is 91.7 Å². The summed E-state index contributed by atoms with van der Waals surface area (Å²) in [5.74, 6) is 0.0890. The summed E-state index contributed by atoms with van der Waals surface area (Å²) >= 11 is 0. The fourth-order valence-corrected chi connectivity index (χ4v) is 4.32. The fourth-order valence-electron chi connectivity index (χ4n) is 4.32. The summed E-state index contributed by atoms with van der Waals surface area (Å²) in [6.45, 7) is 0.584. The van der Waals surface area contributed by atoms with Gasteiger partial charge in [0.2, 0.25) is 0 Å². The molecule has 0 fully saturated rings. The van der Waals surface area contributed by atoms with Crippen LogP contribution in [0.15, 0.2) is 65.7 Å². The van der Waals surface area contributed by atoms with Crippen molar-refractivity contribution in [1.29, 1.82) is 5.26 Å². The van der Waals surface area contributed by atoms with E-state index in [1.165, 1.54) is 11.0 Å². The van der Waals surface area contributed by atoms with Crippen molar-refractivity contribution in [2.75, 3.05) is 13.7 Å². The van der Waals surface area contributed by atoms with Gasteiger partial charge in [-0.05, 0) is 58.7 Å². The Balaban J connectivity index is 1.74. The molecule has 2 N–H and O–H groups in total. The van der Waals surface area contributed by atoms with Crippen LogP contribution in [0.5, 0.6) is 5.75 Å². The van der Waals surface area contributed by atoms with Crippen molar-refractivity contribution in [3.8, 4) is 22.9 Å². The fraction of sp³-hybridized carbons (Fsp3) is 0.160. The van der Waals surface area contributed by atoms with Crippen LogP contribution in [0.4, 0.5) is 4.39 Å². The molecule has 6 nitrogen and oxygen atoms in total. The average molecular weight is 426 g/mol. The number of halogens is 1. The van der Waals surface area contributed by atoms with E-state index in [1.54, 1.807) is 49.5 Å². The van der Waals surface area contributed by atoms with Crippen molar-refractivity contribution in [3.63, 3.8) is 0 Å². The number of carbonyl (C=O) groups is 1. The van der Waals surface area contributed by atoms with Gasteiger partial charge in [-0.25, -0.2) is 9.38 Å². The van der Waals surface area contributed by atoms with E-state index in [0.29, 0.717) is 28.9 Å². The quantitative estimate of drug-likeness (QED) is 0.695. The first-order chi connectivity index (χ1) is 15.4. The van der Waals surface area contributed by atoms with E-state index in [2.05, 4.69) is 11.1 Å². The largest absolute Gasteiger partial charge is 0.493 e. The molecule has 0 bridgehead atoms. The van der Waals surface area contributed by atoms with Crippen molar-refractivity contribution >= 4 is 11.9 Å². The molecule has 1 amide bonds. The molecule has 32 heavy (non-hydrogen) atoms.